The van der Waals surface area contributed by atoms with E-state index < -0.39 is 5.41 Å². The van der Waals surface area contributed by atoms with Gasteiger partial charge in [0.15, 0.2) is 0 Å². The number of benzene rings is 4. The molecule has 178 valence electrons. The lowest BCUT2D eigenvalue weighted by Crippen LogP contribution is -2.35. The van der Waals surface area contributed by atoms with Gasteiger partial charge >= 0.3 is 0 Å². The summed E-state index contributed by atoms with van der Waals surface area (Å²) < 4.78 is 0. The van der Waals surface area contributed by atoms with Crippen LogP contribution in [0.4, 0.5) is 0 Å². The molecule has 2 N–H and O–H groups in total. The first-order valence-corrected chi connectivity index (χ1v) is 12.3. The lowest BCUT2D eigenvalue weighted by molar-refractivity contribution is 0.467. The summed E-state index contributed by atoms with van der Waals surface area (Å²) in [6.45, 7) is 13.2. The summed E-state index contributed by atoms with van der Waals surface area (Å²) in [5, 5.41) is 21.2. The molecule has 0 fully saturated rings. The Bertz CT molecular complexity index is 1320. The molecule has 0 spiro atoms. The molecule has 0 bridgehead atoms. The van der Waals surface area contributed by atoms with E-state index in [4.69, 9.17) is 0 Å². The Hall–Kier alpha value is -3.52. The summed E-state index contributed by atoms with van der Waals surface area (Å²) in [6, 6.07) is 29.1. The SMILES string of the molecule is CC(C)(C)c1cc(O)ccc1C1(c2ccc(O)cc2C(C)(C)C)c2ccccc2-c2ccccc21. The lowest BCUT2D eigenvalue weighted by Gasteiger charge is -2.41. The normalized spacial score (nSPS) is 14.5. The highest BCUT2D eigenvalue weighted by atomic mass is 16.3. The highest BCUT2D eigenvalue weighted by Crippen LogP contribution is 2.59. The summed E-state index contributed by atoms with van der Waals surface area (Å²) in [6.07, 6.45) is 0. The molecule has 0 saturated heterocycles. The molecule has 0 saturated carbocycles. The molecular weight excluding hydrogens is 428 g/mol. The van der Waals surface area contributed by atoms with E-state index >= 15 is 0 Å². The Balaban J connectivity index is 2.06. The van der Waals surface area contributed by atoms with Crippen molar-refractivity contribution in [2.75, 3.05) is 0 Å². The van der Waals surface area contributed by atoms with Crippen LogP contribution in [0.5, 0.6) is 11.5 Å². The van der Waals surface area contributed by atoms with Crippen molar-refractivity contribution in [1.82, 2.24) is 0 Å². The topological polar surface area (TPSA) is 40.5 Å². The monoisotopic (exact) mass is 462 g/mol. The Morgan fingerprint density at radius 2 is 0.857 bits per heavy atom. The molecule has 1 aliphatic carbocycles. The summed E-state index contributed by atoms with van der Waals surface area (Å²) in [4.78, 5) is 0. The van der Waals surface area contributed by atoms with Crippen LogP contribution < -0.4 is 0 Å². The zero-order valence-electron chi connectivity index (χ0n) is 21.5. The molecule has 2 nitrogen and oxygen atoms in total. The minimum Gasteiger partial charge on any atom is -0.508 e. The van der Waals surface area contributed by atoms with Crippen LogP contribution in [-0.2, 0) is 16.2 Å². The van der Waals surface area contributed by atoms with Crippen molar-refractivity contribution in [3.63, 3.8) is 0 Å². The molecule has 0 aliphatic heterocycles. The fraction of sp³-hybridized carbons (Fsp3) is 0.273. The zero-order chi connectivity index (χ0) is 25.2. The van der Waals surface area contributed by atoms with Gasteiger partial charge in [-0.2, -0.15) is 0 Å². The molecule has 0 unspecified atom stereocenters. The molecule has 0 atom stereocenters. The fourth-order valence-corrected chi connectivity index (χ4v) is 5.92. The van der Waals surface area contributed by atoms with Crippen molar-refractivity contribution in [3.8, 4) is 22.6 Å². The van der Waals surface area contributed by atoms with Crippen LogP contribution in [0.1, 0.15) is 74.9 Å². The second-order valence-corrected chi connectivity index (χ2v) is 11.8. The van der Waals surface area contributed by atoms with Gasteiger partial charge in [-0.3, -0.25) is 0 Å². The maximum absolute atomic E-state index is 10.6. The molecule has 0 heterocycles. The largest absolute Gasteiger partial charge is 0.508 e. The van der Waals surface area contributed by atoms with Gasteiger partial charge in [-0.15, -0.1) is 0 Å². The summed E-state index contributed by atoms with van der Waals surface area (Å²) >= 11 is 0. The third-order valence-electron chi connectivity index (χ3n) is 7.38. The molecule has 0 aromatic heterocycles. The molecule has 4 aromatic rings. The van der Waals surface area contributed by atoms with Gasteiger partial charge in [-0.05, 0) is 79.6 Å². The maximum Gasteiger partial charge on any atom is 0.115 e. The van der Waals surface area contributed by atoms with Gasteiger partial charge < -0.3 is 10.2 Å². The lowest BCUT2D eigenvalue weighted by atomic mass is 9.61. The van der Waals surface area contributed by atoms with Crippen molar-refractivity contribution in [2.45, 2.75) is 57.8 Å². The van der Waals surface area contributed by atoms with Gasteiger partial charge in [0.25, 0.3) is 0 Å². The zero-order valence-corrected chi connectivity index (χ0v) is 21.5. The van der Waals surface area contributed by atoms with E-state index in [9.17, 15) is 10.2 Å². The van der Waals surface area contributed by atoms with Gasteiger partial charge in [0.1, 0.15) is 11.5 Å². The minimum absolute atomic E-state index is 0.202. The van der Waals surface area contributed by atoms with Crippen molar-refractivity contribution in [3.05, 3.63) is 118 Å². The molecule has 4 aromatic carbocycles. The average molecular weight is 463 g/mol. The highest BCUT2D eigenvalue weighted by molar-refractivity contribution is 5.87. The molecule has 0 radical (unpaired) electrons. The van der Waals surface area contributed by atoms with Crippen molar-refractivity contribution < 1.29 is 10.2 Å². The van der Waals surface area contributed by atoms with E-state index in [1.54, 1.807) is 0 Å². The van der Waals surface area contributed by atoms with Crippen molar-refractivity contribution in [2.24, 2.45) is 0 Å². The number of phenols is 2. The van der Waals surface area contributed by atoms with Crippen LogP contribution in [0.2, 0.25) is 0 Å². The quantitative estimate of drug-likeness (QED) is 0.278. The van der Waals surface area contributed by atoms with Crippen molar-refractivity contribution in [1.29, 1.82) is 0 Å². The molecule has 0 amide bonds. The summed E-state index contributed by atoms with van der Waals surface area (Å²) in [5.74, 6) is 0.547. The first-order chi connectivity index (χ1) is 16.5. The molecule has 2 heteroatoms. The number of aromatic hydroxyl groups is 2. The van der Waals surface area contributed by atoms with E-state index in [-0.39, 0.29) is 22.3 Å². The predicted octanol–water partition coefficient (Wildman–Crippen LogP) is 8.06. The van der Waals surface area contributed by atoms with Crippen molar-refractivity contribution >= 4 is 0 Å². The molecule has 5 rings (SSSR count). The maximum atomic E-state index is 10.6. The van der Waals surface area contributed by atoms with Crippen LogP contribution in [0.3, 0.4) is 0 Å². The van der Waals surface area contributed by atoms with Crippen LogP contribution in [0.25, 0.3) is 11.1 Å². The summed E-state index contributed by atoms with van der Waals surface area (Å²) in [5.41, 5.74) is 8.45. The van der Waals surface area contributed by atoms with Crippen LogP contribution in [-0.4, -0.2) is 10.2 Å². The van der Waals surface area contributed by atoms with Gasteiger partial charge in [0.05, 0.1) is 5.41 Å². The molecule has 35 heavy (non-hydrogen) atoms. The van der Waals surface area contributed by atoms with Crippen LogP contribution in [0, 0.1) is 0 Å². The van der Waals surface area contributed by atoms with E-state index in [1.165, 1.54) is 22.3 Å². The number of hydrogen-bond donors (Lipinski definition) is 2. The number of rotatable bonds is 2. The van der Waals surface area contributed by atoms with Crippen LogP contribution >= 0.6 is 0 Å². The Morgan fingerprint density at radius 3 is 1.23 bits per heavy atom. The smallest absolute Gasteiger partial charge is 0.115 e. The third kappa shape index (κ3) is 3.46. The third-order valence-corrected chi connectivity index (χ3v) is 7.38. The number of hydrogen-bond acceptors (Lipinski definition) is 2. The Labute approximate surface area is 208 Å². The highest BCUT2D eigenvalue weighted by Gasteiger charge is 2.49. The average Bonchev–Trinajstić information content (AvgIpc) is 3.09. The van der Waals surface area contributed by atoms with E-state index in [0.717, 1.165) is 22.3 Å². The second kappa shape index (κ2) is 7.75. The van der Waals surface area contributed by atoms with Gasteiger partial charge in [0.2, 0.25) is 0 Å². The van der Waals surface area contributed by atoms with E-state index in [0.29, 0.717) is 0 Å². The van der Waals surface area contributed by atoms with E-state index in [1.807, 2.05) is 24.3 Å². The van der Waals surface area contributed by atoms with Gasteiger partial charge in [-0.25, -0.2) is 0 Å². The first-order valence-electron chi connectivity index (χ1n) is 12.3. The minimum atomic E-state index is -0.597. The number of phenolic OH excluding ortho intramolecular Hbond substituents is 2. The predicted molar refractivity (Wildman–Crippen MR) is 144 cm³/mol. The summed E-state index contributed by atoms with van der Waals surface area (Å²) in [7, 11) is 0. The van der Waals surface area contributed by atoms with Gasteiger partial charge in [-0.1, -0.05) is 102 Å². The van der Waals surface area contributed by atoms with Gasteiger partial charge in [0, 0.05) is 0 Å². The molecular formula is C33H34O2. The second-order valence-electron chi connectivity index (χ2n) is 11.8. The standard InChI is InChI=1S/C33H34O2/c1-31(2,3)29-19-21(34)15-17-27(29)33(28-18-16-22(35)20-30(28)32(4,5)6)25-13-9-7-11-23(25)24-12-8-10-14-26(24)33/h7-20,34-35H,1-6H3. The number of fused-ring (bicyclic) bond motifs is 3. The Morgan fingerprint density at radius 1 is 0.486 bits per heavy atom. The Kier molecular flexibility index (Phi) is 5.14. The van der Waals surface area contributed by atoms with E-state index in [2.05, 4.69) is 102 Å². The van der Waals surface area contributed by atoms with Crippen LogP contribution in [0.15, 0.2) is 84.9 Å². The first kappa shape index (κ1) is 23.2. The molecule has 1 aliphatic rings. The fourth-order valence-electron chi connectivity index (χ4n) is 5.92.